The van der Waals surface area contributed by atoms with Crippen molar-refractivity contribution in [2.45, 2.75) is 57.1 Å². The predicted octanol–water partition coefficient (Wildman–Crippen LogP) is 5.20. The number of carbonyl (C=O) groups is 1. The molecule has 7 nitrogen and oxygen atoms in total. The van der Waals surface area contributed by atoms with Gasteiger partial charge in [-0.3, -0.25) is 0 Å². The maximum atomic E-state index is 13.4. The zero-order chi connectivity index (χ0) is 28.3. The first-order chi connectivity index (χ1) is 20.2. The van der Waals surface area contributed by atoms with Gasteiger partial charge >= 0.3 is 5.97 Å². The van der Waals surface area contributed by atoms with E-state index in [0.29, 0.717) is 0 Å². The van der Waals surface area contributed by atoms with Crippen LogP contribution in [0, 0.1) is 0 Å². The lowest BCUT2D eigenvalue weighted by Gasteiger charge is -2.43. The summed E-state index contributed by atoms with van der Waals surface area (Å²) in [6.07, 6.45) is -5.40. The highest BCUT2D eigenvalue weighted by Gasteiger charge is 2.51. The molecule has 0 spiro atoms. The number of ether oxygens (including phenoxy) is 5. The summed E-state index contributed by atoms with van der Waals surface area (Å²) in [5, 5.41) is 11.1. The number of hydrogen-bond acceptors (Lipinski definition) is 7. The molecule has 0 bridgehead atoms. The van der Waals surface area contributed by atoms with Crippen LogP contribution in [0.25, 0.3) is 0 Å². The summed E-state index contributed by atoms with van der Waals surface area (Å²) in [5.74, 6) is -0.652. The minimum atomic E-state index is -1.45. The number of benzene rings is 4. The second kappa shape index (κ2) is 14.7. The van der Waals surface area contributed by atoms with E-state index >= 15 is 0 Å². The van der Waals surface area contributed by atoms with E-state index in [1.807, 2.05) is 121 Å². The molecule has 0 radical (unpaired) electrons. The van der Waals surface area contributed by atoms with Crippen LogP contribution in [0.3, 0.4) is 0 Å². The van der Waals surface area contributed by atoms with E-state index in [4.69, 9.17) is 23.7 Å². The standard InChI is InChI=1S/C34H34O7/c35-33(40-24-28-19-11-4-12-20-28)32-30(38-22-26-15-7-2-8-16-26)29(37-21-25-13-5-1-6-14-25)31(34(36)41-32)39-23-27-17-9-3-10-18-27/h1-20,29-32,34,36H,21-24H2/t29-,30-,31-,32+,34+/m0/s1. The van der Waals surface area contributed by atoms with E-state index in [1.54, 1.807) is 0 Å². The lowest BCUT2D eigenvalue weighted by molar-refractivity contribution is -0.309. The fourth-order valence-electron chi connectivity index (χ4n) is 4.68. The SMILES string of the molecule is O=C(OCc1ccccc1)[C@@H]1O[C@@H](O)[C@@H](OCc2ccccc2)[C@@H](OCc2ccccc2)[C@@H]1OCc1ccccc1. The van der Waals surface area contributed by atoms with Crippen LogP contribution in [-0.4, -0.2) is 41.8 Å². The van der Waals surface area contributed by atoms with E-state index in [2.05, 4.69) is 0 Å². The van der Waals surface area contributed by atoms with Crippen LogP contribution in [0.1, 0.15) is 22.3 Å². The Balaban J connectivity index is 1.40. The number of aliphatic hydroxyl groups is 1. The number of hydrogen-bond donors (Lipinski definition) is 1. The Morgan fingerprint density at radius 2 is 0.902 bits per heavy atom. The molecule has 1 fully saturated rings. The van der Waals surface area contributed by atoms with Gasteiger partial charge in [0.25, 0.3) is 0 Å². The van der Waals surface area contributed by atoms with Crippen LogP contribution in [0.5, 0.6) is 0 Å². The monoisotopic (exact) mass is 554 g/mol. The summed E-state index contributed by atoms with van der Waals surface area (Å²) in [4.78, 5) is 13.4. The van der Waals surface area contributed by atoms with Gasteiger partial charge in [0.15, 0.2) is 12.4 Å². The van der Waals surface area contributed by atoms with Crippen LogP contribution in [0.15, 0.2) is 121 Å². The summed E-state index contributed by atoms with van der Waals surface area (Å²) < 4.78 is 30.4. The molecule has 1 aliphatic heterocycles. The molecule has 1 aliphatic rings. The Hall–Kier alpha value is -3.85. The van der Waals surface area contributed by atoms with Gasteiger partial charge in [0.05, 0.1) is 19.8 Å². The van der Waals surface area contributed by atoms with Crippen molar-refractivity contribution >= 4 is 5.97 Å². The highest BCUT2D eigenvalue weighted by Crippen LogP contribution is 2.30. The molecule has 41 heavy (non-hydrogen) atoms. The minimum absolute atomic E-state index is 0.0600. The summed E-state index contributed by atoms with van der Waals surface area (Å²) in [6, 6.07) is 38.3. The first-order valence-electron chi connectivity index (χ1n) is 13.7. The molecular formula is C34H34O7. The molecule has 4 aromatic rings. The third kappa shape index (κ3) is 8.10. The van der Waals surface area contributed by atoms with Gasteiger partial charge in [0, 0.05) is 0 Å². The number of rotatable bonds is 12. The van der Waals surface area contributed by atoms with Crippen LogP contribution in [0.4, 0.5) is 0 Å². The van der Waals surface area contributed by atoms with Gasteiger partial charge in [-0.2, -0.15) is 0 Å². The van der Waals surface area contributed by atoms with Crippen molar-refractivity contribution in [3.05, 3.63) is 144 Å². The van der Waals surface area contributed by atoms with Gasteiger partial charge in [0.1, 0.15) is 24.9 Å². The Bertz CT molecular complexity index is 1320. The number of aliphatic hydroxyl groups excluding tert-OH is 1. The lowest BCUT2D eigenvalue weighted by atomic mass is 9.97. The summed E-state index contributed by atoms with van der Waals surface area (Å²) in [7, 11) is 0. The molecule has 5 rings (SSSR count). The first kappa shape index (κ1) is 28.7. The summed E-state index contributed by atoms with van der Waals surface area (Å²) >= 11 is 0. The zero-order valence-corrected chi connectivity index (χ0v) is 22.7. The third-order valence-electron chi connectivity index (χ3n) is 6.83. The third-order valence-corrected chi connectivity index (χ3v) is 6.83. The lowest BCUT2D eigenvalue weighted by Crippen LogP contribution is -2.62. The maximum absolute atomic E-state index is 13.4. The normalized spacial score (nSPS) is 22.2. The Morgan fingerprint density at radius 3 is 1.34 bits per heavy atom. The van der Waals surface area contributed by atoms with Crippen molar-refractivity contribution < 1.29 is 33.6 Å². The molecule has 4 aromatic carbocycles. The molecule has 0 aromatic heterocycles. The van der Waals surface area contributed by atoms with Crippen LogP contribution in [0.2, 0.25) is 0 Å². The second-order valence-corrected chi connectivity index (χ2v) is 9.82. The average molecular weight is 555 g/mol. The first-order valence-corrected chi connectivity index (χ1v) is 13.7. The van der Waals surface area contributed by atoms with Gasteiger partial charge < -0.3 is 28.8 Å². The van der Waals surface area contributed by atoms with Gasteiger partial charge in [-0.15, -0.1) is 0 Å². The highest BCUT2D eigenvalue weighted by atomic mass is 16.7. The predicted molar refractivity (Wildman–Crippen MR) is 152 cm³/mol. The largest absolute Gasteiger partial charge is 0.459 e. The van der Waals surface area contributed by atoms with Gasteiger partial charge in [-0.05, 0) is 22.3 Å². The summed E-state index contributed by atoms with van der Waals surface area (Å²) in [5.41, 5.74) is 3.60. The van der Waals surface area contributed by atoms with E-state index < -0.39 is 36.7 Å². The van der Waals surface area contributed by atoms with Gasteiger partial charge in [-0.1, -0.05) is 121 Å². The molecule has 0 amide bonds. The van der Waals surface area contributed by atoms with Crippen molar-refractivity contribution in [3.8, 4) is 0 Å². The molecule has 5 atom stereocenters. The molecule has 1 heterocycles. The van der Waals surface area contributed by atoms with Crippen molar-refractivity contribution in [1.29, 1.82) is 0 Å². The Kier molecular flexibility index (Phi) is 10.3. The smallest absolute Gasteiger partial charge is 0.338 e. The molecular weight excluding hydrogens is 520 g/mol. The Morgan fingerprint density at radius 1 is 0.537 bits per heavy atom. The number of carbonyl (C=O) groups excluding carboxylic acids is 1. The topological polar surface area (TPSA) is 83.5 Å². The van der Waals surface area contributed by atoms with E-state index in [-0.39, 0.29) is 26.4 Å². The molecule has 0 saturated carbocycles. The van der Waals surface area contributed by atoms with E-state index in [9.17, 15) is 9.90 Å². The van der Waals surface area contributed by atoms with Crippen LogP contribution >= 0.6 is 0 Å². The zero-order valence-electron chi connectivity index (χ0n) is 22.7. The van der Waals surface area contributed by atoms with E-state index in [0.717, 1.165) is 22.3 Å². The van der Waals surface area contributed by atoms with Crippen molar-refractivity contribution in [3.63, 3.8) is 0 Å². The molecule has 1 saturated heterocycles. The summed E-state index contributed by atoms with van der Waals surface area (Å²) in [6.45, 7) is 0.695. The van der Waals surface area contributed by atoms with Crippen LogP contribution < -0.4 is 0 Å². The van der Waals surface area contributed by atoms with Crippen molar-refractivity contribution in [1.82, 2.24) is 0 Å². The van der Waals surface area contributed by atoms with Crippen molar-refractivity contribution in [2.75, 3.05) is 0 Å². The van der Waals surface area contributed by atoms with Gasteiger partial charge in [-0.25, -0.2) is 4.79 Å². The fraction of sp³-hybridized carbons (Fsp3) is 0.265. The fourth-order valence-corrected chi connectivity index (χ4v) is 4.68. The Labute approximate surface area is 240 Å². The second-order valence-electron chi connectivity index (χ2n) is 9.82. The minimum Gasteiger partial charge on any atom is -0.459 e. The molecule has 212 valence electrons. The quantitative estimate of drug-likeness (QED) is 0.241. The van der Waals surface area contributed by atoms with E-state index in [1.165, 1.54) is 0 Å². The molecule has 0 unspecified atom stereocenters. The molecule has 0 aliphatic carbocycles. The van der Waals surface area contributed by atoms with Crippen molar-refractivity contribution in [2.24, 2.45) is 0 Å². The maximum Gasteiger partial charge on any atom is 0.338 e. The number of esters is 1. The molecule has 7 heteroatoms. The van der Waals surface area contributed by atoms with Gasteiger partial charge in [0.2, 0.25) is 0 Å². The van der Waals surface area contributed by atoms with Crippen LogP contribution in [-0.2, 0) is 54.9 Å². The molecule has 1 N–H and O–H groups in total. The highest BCUT2D eigenvalue weighted by molar-refractivity contribution is 5.76. The average Bonchev–Trinajstić information content (AvgIpc) is 3.03.